The fourth-order valence-corrected chi connectivity index (χ4v) is 2.57. The summed E-state index contributed by atoms with van der Waals surface area (Å²) >= 11 is 17.9. The molecular weight excluding hydrogens is 357 g/mol. The van der Waals surface area contributed by atoms with Crippen molar-refractivity contribution in [3.8, 4) is 5.75 Å². The normalized spacial score (nSPS) is 13.6. The topological polar surface area (TPSA) is 41.5 Å². The van der Waals surface area contributed by atoms with Gasteiger partial charge in [-0.15, -0.1) is 0 Å². The maximum absolute atomic E-state index is 10.0. The molecule has 0 saturated carbocycles. The zero-order valence-electron chi connectivity index (χ0n) is 12.6. The Balaban J connectivity index is 1.81. The highest BCUT2D eigenvalue weighted by Crippen LogP contribution is 2.27. The van der Waals surface area contributed by atoms with Gasteiger partial charge in [0.2, 0.25) is 0 Å². The molecule has 3 nitrogen and oxygen atoms in total. The van der Waals surface area contributed by atoms with E-state index >= 15 is 0 Å². The second kappa shape index (κ2) is 8.76. The van der Waals surface area contributed by atoms with Gasteiger partial charge in [-0.05, 0) is 36.8 Å². The number of benzene rings is 2. The molecule has 0 bridgehead atoms. The van der Waals surface area contributed by atoms with Gasteiger partial charge in [0.15, 0.2) is 0 Å². The van der Waals surface area contributed by atoms with Crippen LogP contribution >= 0.6 is 34.8 Å². The Morgan fingerprint density at radius 3 is 2.57 bits per heavy atom. The summed E-state index contributed by atoms with van der Waals surface area (Å²) in [4.78, 5) is 0. The Hall–Kier alpha value is -0.970. The van der Waals surface area contributed by atoms with E-state index < -0.39 is 6.10 Å². The maximum Gasteiger partial charge on any atom is 0.139 e. The van der Waals surface area contributed by atoms with Crippen LogP contribution in [-0.2, 0) is 0 Å². The molecule has 0 aliphatic carbocycles. The first-order valence-electron chi connectivity index (χ1n) is 7.20. The lowest BCUT2D eigenvalue weighted by Gasteiger charge is -2.18. The van der Waals surface area contributed by atoms with Gasteiger partial charge < -0.3 is 15.2 Å². The molecule has 23 heavy (non-hydrogen) atoms. The first-order valence-corrected chi connectivity index (χ1v) is 8.34. The molecule has 2 rings (SSSR count). The number of rotatable bonds is 7. The fourth-order valence-electron chi connectivity index (χ4n) is 2.04. The van der Waals surface area contributed by atoms with Crippen LogP contribution in [0.5, 0.6) is 5.75 Å². The van der Waals surface area contributed by atoms with Crippen LogP contribution in [0.3, 0.4) is 0 Å². The average Bonchev–Trinajstić information content (AvgIpc) is 2.53. The van der Waals surface area contributed by atoms with Crippen LogP contribution in [-0.4, -0.2) is 24.4 Å². The van der Waals surface area contributed by atoms with E-state index in [-0.39, 0.29) is 12.6 Å². The van der Waals surface area contributed by atoms with Gasteiger partial charge in [0.1, 0.15) is 18.5 Å². The van der Waals surface area contributed by atoms with Gasteiger partial charge >= 0.3 is 0 Å². The third-order valence-corrected chi connectivity index (χ3v) is 4.12. The summed E-state index contributed by atoms with van der Waals surface area (Å²) in [7, 11) is 0. The third-order valence-electron chi connectivity index (χ3n) is 3.33. The standard InChI is InChI=1S/C17H18Cl3NO2/c1-11(12-3-2-4-13(18)7-12)21-9-15(22)10-23-17-8-14(19)5-6-16(17)20/h2-8,11,15,21-22H,9-10H2,1H3/t11-,15+/m1/s1. The van der Waals surface area contributed by atoms with E-state index in [2.05, 4.69) is 5.32 Å². The molecule has 0 aliphatic rings. The van der Waals surface area contributed by atoms with E-state index in [1.807, 2.05) is 31.2 Å². The number of aliphatic hydroxyl groups excluding tert-OH is 1. The zero-order valence-corrected chi connectivity index (χ0v) is 14.9. The third kappa shape index (κ3) is 5.87. The van der Waals surface area contributed by atoms with Crippen LogP contribution in [0.15, 0.2) is 42.5 Å². The van der Waals surface area contributed by atoms with E-state index in [1.54, 1.807) is 18.2 Å². The molecule has 0 aromatic heterocycles. The Bertz CT molecular complexity index is 651. The van der Waals surface area contributed by atoms with Crippen molar-refractivity contribution < 1.29 is 9.84 Å². The van der Waals surface area contributed by atoms with Crippen LogP contribution < -0.4 is 10.1 Å². The summed E-state index contributed by atoms with van der Waals surface area (Å²) in [5.74, 6) is 0.459. The highest BCUT2D eigenvalue weighted by atomic mass is 35.5. The SMILES string of the molecule is C[C@@H](NC[C@H](O)COc1cc(Cl)ccc1Cl)c1cccc(Cl)c1. The zero-order chi connectivity index (χ0) is 16.8. The van der Waals surface area contributed by atoms with Gasteiger partial charge in [0.25, 0.3) is 0 Å². The highest BCUT2D eigenvalue weighted by Gasteiger charge is 2.11. The number of aliphatic hydroxyl groups is 1. The van der Waals surface area contributed by atoms with Crippen LogP contribution in [0, 0.1) is 0 Å². The van der Waals surface area contributed by atoms with Crippen molar-refractivity contribution in [1.29, 1.82) is 0 Å². The van der Waals surface area contributed by atoms with Crippen molar-refractivity contribution in [1.82, 2.24) is 5.32 Å². The molecule has 0 radical (unpaired) electrons. The Labute approximate surface area is 151 Å². The predicted molar refractivity (Wildman–Crippen MR) is 95.8 cm³/mol. The monoisotopic (exact) mass is 373 g/mol. The minimum absolute atomic E-state index is 0.0677. The van der Waals surface area contributed by atoms with E-state index in [4.69, 9.17) is 39.5 Å². The van der Waals surface area contributed by atoms with Gasteiger partial charge in [0.05, 0.1) is 5.02 Å². The Morgan fingerprint density at radius 1 is 1.09 bits per heavy atom. The number of ether oxygens (including phenoxy) is 1. The first kappa shape index (κ1) is 18.4. The van der Waals surface area contributed by atoms with Gasteiger partial charge in [-0.3, -0.25) is 0 Å². The molecule has 0 saturated heterocycles. The van der Waals surface area contributed by atoms with Crippen molar-refractivity contribution in [3.05, 3.63) is 63.1 Å². The molecule has 0 heterocycles. The lowest BCUT2D eigenvalue weighted by Crippen LogP contribution is -2.33. The van der Waals surface area contributed by atoms with Crippen LogP contribution in [0.2, 0.25) is 15.1 Å². The Morgan fingerprint density at radius 2 is 1.83 bits per heavy atom. The molecule has 0 unspecified atom stereocenters. The molecule has 2 atom stereocenters. The molecule has 2 aromatic rings. The minimum atomic E-state index is -0.674. The number of halogens is 3. The van der Waals surface area contributed by atoms with Crippen LogP contribution in [0.4, 0.5) is 0 Å². The number of hydrogen-bond donors (Lipinski definition) is 2. The average molecular weight is 375 g/mol. The summed E-state index contributed by atoms with van der Waals surface area (Å²) in [6, 6.07) is 12.6. The van der Waals surface area contributed by atoms with E-state index in [9.17, 15) is 5.11 Å². The van der Waals surface area contributed by atoms with E-state index in [0.29, 0.717) is 27.4 Å². The largest absolute Gasteiger partial charge is 0.489 e. The summed E-state index contributed by atoms with van der Waals surface area (Å²) in [6.07, 6.45) is -0.674. The summed E-state index contributed by atoms with van der Waals surface area (Å²) in [5, 5.41) is 15.0. The second-order valence-electron chi connectivity index (χ2n) is 5.22. The predicted octanol–water partition coefficient (Wildman–Crippen LogP) is 4.74. The molecule has 2 N–H and O–H groups in total. The fraction of sp³-hybridized carbons (Fsp3) is 0.294. The van der Waals surface area contributed by atoms with E-state index in [0.717, 1.165) is 5.56 Å². The van der Waals surface area contributed by atoms with Gasteiger partial charge in [0, 0.05) is 28.7 Å². The molecular formula is C17H18Cl3NO2. The smallest absolute Gasteiger partial charge is 0.139 e. The van der Waals surface area contributed by atoms with Crippen molar-refractivity contribution in [2.24, 2.45) is 0 Å². The minimum Gasteiger partial charge on any atom is -0.489 e. The molecule has 124 valence electrons. The van der Waals surface area contributed by atoms with Crippen molar-refractivity contribution >= 4 is 34.8 Å². The van der Waals surface area contributed by atoms with Crippen molar-refractivity contribution in [3.63, 3.8) is 0 Å². The lowest BCUT2D eigenvalue weighted by atomic mass is 10.1. The van der Waals surface area contributed by atoms with Gasteiger partial charge in [-0.2, -0.15) is 0 Å². The molecule has 0 spiro atoms. The van der Waals surface area contributed by atoms with Gasteiger partial charge in [-0.25, -0.2) is 0 Å². The Kier molecular flexibility index (Phi) is 7.00. The van der Waals surface area contributed by atoms with Gasteiger partial charge in [-0.1, -0.05) is 46.9 Å². The quantitative estimate of drug-likeness (QED) is 0.735. The second-order valence-corrected chi connectivity index (χ2v) is 6.50. The molecule has 2 aromatic carbocycles. The molecule has 0 amide bonds. The van der Waals surface area contributed by atoms with Crippen molar-refractivity contribution in [2.75, 3.05) is 13.2 Å². The summed E-state index contributed by atoms with van der Waals surface area (Å²) in [5.41, 5.74) is 1.06. The summed E-state index contributed by atoms with van der Waals surface area (Å²) < 4.78 is 5.51. The van der Waals surface area contributed by atoms with Crippen LogP contribution in [0.25, 0.3) is 0 Å². The summed E-state index contributed by atoms with van der Waals surface area (Å²) in [6.45, 7) is 2.51. The molecule has 0 aliphatic heterocycles. The van der Waals surface area contributed by atoms with Crippen molar-refractivity contribution in [2.45, 2.75) is 19.1 Å². The number of nitrogens with one attached hydrogen (secondary N) is 1. The molecule has 6 heteroatoms. The van der Waals surface area contributed by atoms with Crippen LogP contribution in [0.1, 0.15) is 18.5 Å². The maximum atomic E-state index is 10.0. The number of hydrogen-bond acceptors (Lipinski definition) is 3. The molecule has 0 fully saturated rings. The highest BCUT2D eigenvalue weighted by molar-refractivity contribution is 6.34. The first-order chi connectivity index (χ1) is 11.0. The van der Waals surface area contributed by atoms with E-state index in [1.165, 1.54) is 0 Å². The lowest BCUT2D eigenvalue weighted by molar-refractivity contribution is 0.104.